The number of benzene rings is 1. The van der Waals surface area contributed by atoms with Crippen molar-refractivity contribution in [3.8, 4) is 0 Å². The van der Waals surface area contributed by atoms with Crippen LogP contribution in [0.2, 0.25) is 0 Å². The number of aliphatic hydroxyl groups is 1. The van der Waals surface area contributed by atoms with Crippen LogP contribution in [0.4, 0.5) is 0 Å². The molecule has 2 N–H and O–H groups in total. The van der Waals surface area contributed by atoms with Gasteiger partial charge in [-0.1, -0.05) is 26.0 Å². The van der Waals surface area contributed by atoms with Crippen molar-refractivity contribution >= 4 is 21.6 Å². The molecule has 0 aliphatic rings. The minimum Gasteiger partial charge on any atom is -0.395 e. The van der Waals surface area contributed by atoms with E-state index in [1.807, 2.05) is 13.8 Å². The second kappa shape index (κ2) is 7.98. The quantitative estimate of drug-likeness (QED) is 0.722. The van der Waals surface area contributed by atoms with Crippen LogP contribution in [-0.2, 0) is 16.4 Å². The number of alkyl halides is 1. The predicted molar refractivity (Wildman–Crippen MR) is 81.5 cm³/mol. The third-order valence-electron chi connectivity index (χ3n) is 2.91. The van der Waals surface area contributed by atoms with Crippen molar-refractivity contribution < 1.29 is 13.5 Å². The highest BCUT2D eigenvalue weighted by molar-refractivity contribution is 7.89. The standard InChI is InChI=1S/C14H22ClNO3S/c1-11(2)9-13(10-17)16-20(18,19)14-5-3-12(4-6-14)7-8-15/h3-6,11,13,16-17H,7-10H2,1-2H3. The number of sulfonamides is 1. The van der Waals surface area contributed by atoms with Crippen LogP contribution in [0.25, 0.3) is 0 Å². The molecule has 0 fully saturated rings. The first-order valence-corrected chi connectivity index (χ1v) is 8.69. The number of nitrogens with one attached hydrogen (secondary N) is 1. The number of hydrogen-bond acceptors (Lipinski definition) is 3. The van der Waals surface area contributed by atoms with Crippen LogP contribution in [-0.4, -0.2) is 32.1 Å². The third kappa shape index (κ3) is 5.40. The Bertz CT molecular complexity index is 500. The Kier molecular flexibility index (Phi) is 6.95. The highest BCUT2D eigenvalue weighted by atomic mass is 35.5. The fraction of sp³-hybridized carbons (Fsp3) is 0.571. The number of rotatable bonds is 8. The maximum atomic E-state index is 12.2. The number of hydrogen-bond donors (Lipinski definition) is 2. The zero-order valence-corrected chi connectivity index (χ0v) is 13.4. The van der Waals surface area contributed by atoms with Gasteiger partial charge in [0.2, 0.25) is 10.0 Å². The average Bonchev–Trinajstić information content (AvgIpc) is 2.38. The van der Waals surface area contributed by atoms with E-state index in [-0.39, 0.29) is 11.5 Å². The molecule has 6 heteroatoms. The first-order valence-electron chi connectivity index (χ1n) is 6.67. The lowest BCUT2D eigenvalue weighted by Gasteiger charge is -2.18. The maximum Gasteiger partial charge on any atom is 0.240 e. The van der Waals surface area contributed by atoms with Crippen molar-refractivity contribution in [1.29, 1.82) is 0 Å². The molecule has 0 heterocycles. The Morgan fingerprint density at radius 2 is 1.85 bits per heavy atom. The maximum absolute atomic E-state index is 12.2. The molecule has 1 aromatic carbocycles. The Morgan fingerprint density at radius 1 is 1.25 bits per heavy atom. The van der Waals surface area contributed by atoms with Gasteiger partial charge in [0.05, 0.1) is 11.5 Å². The lowest BCUT2D eigenvalue weighted by molar-refractivity contribution is 0.240. The van der Waals surface area contributed by atoms with Crippen LogP contribution >= 0.6 is 11.6 Å². The lowest BCUT2D eigenvalue weighted by atomic mass is 10.1. The normalized spacial score (nSPS) is 13.7. The van der Waals surface area contributed by atoms with E-state index in [2.05, 4.69) is 4.72 Å². The van der Waals surface area contributed by atoms with Gasteiger partial charge in [-0.25, -0.2) is 13.1 Å². The monoisotopic (exact) mass is 319 g/mol. The van der Waals surface area contributed by atoms with Gasteiger partial charge >= 0.3 is 0 Å². The second-order valence-corrected chi connectivity index (χ2v) is 7.31. The molecule has 0 saturated heterocycles. The minimum absolute atomic E-state index is 0.207. The van der Waals surface area contributed by atoms with Gasteiger partial charge in [-0.05, 0) is 36.5 Å². The van der Waals surface area contributed by atoms with Crippen molar-refractivity contribution in [2.24, 2.45) is 5.92 Å². The van der Waals surface area contributed by atoms with Gasteiger partial charge in [0.15, 0.2) is 0 Å². The summed E-state index contributed by atoms with van der Waals surface area (Å²) in [6.07, 6.45) is 1.31. The highest BCUT2D eigenvalue weighted by Crippen LogP contribution is 2.13. The van der Waals surface area contributed by atoms with E-state index < -0.39 is 16.1 Å². The summed E-state index contributed by atoms with van der Waals surface area (Å²) in [5.74, 6) is 0.812. The van der Waals surface area contributed by atoms with E-state index in [1.54, 1.807) is 24.3 Å². The van der Waals surface area contributed by atoms with Crippen LogP contribution in [0.5, 0.6) is 0 Å². The van der Waals surface area contributed by atoms with Crippen molar-refractivity contribution in [2.45, 2.75) is 37.6 Å². The molecular weight excluding hydrogens is 298 g/mol. The number of halogens is 1. The summed E-state index contributed by atoms with van der Waals surface area (Å²) in [6.45, 7) is 3.76. The molecule has 114 valence electrons. The number of aryl methyl sites for hydroxylation is 1. The summed E-state index contributed by atoms with van der Waals surface area (Å²) in [5.41, 5.74) is 1.000. The molecule has 4 nitrogen and oxygen atoms in total. The molecule has 1 atom stereocenters. The molecule has 0 radical (unpaired) electrons. The van der Waals surface area contributed by atoms with Crippen LogP contribution in [0, 0.1) is 5.92 Å². The van der Waals surface area contributed by atoms with Gasteiger partial charge in [0.25, 0.3) is 0 Å². The summed E-state index contributed by atoms with van der Waals surface area (Å²) in [6, 6.07) is 6.19. The minimum atomic E-state index is -3.59. The molecule has 1 rings (SSSR count). The van der Waals surface area contributed by atoms with Gasteiger partial charge in [-0.3, -0.25) is 0 Å². The molecule has 0 aromatic heterocycles. The van der Waals surface area contributed by atoms with Gasteiger partial charge in [-0.2, -0.15) is 0 Å². The third-order valence-corrected chi connectivity index (χ3v) is 4.64. The largest absolute Gasteiger partial charge is 0.395 e. The molecule has 20 heavy (non-hydrogen) atoms. The van der Waals surface area contributed by atoms with Gasteiger partial charge < -0.3 is 5.11 Å². The van der Waals surface area contributed by atoms with E-state index in [4.69, 9.17) is 11.6 Å². The van der Waals surface area contributed by atoms with E-state index in [9.17, 15) is 13.5 Å². The fourth-order valence-electron chi connectivity index (χ4n) is 1.96. The van der Waals surface area contributed by atoms with Crippen LogP contribution in [0.15, 0.2) is 29.2 Å². The Hall–Kier alpha value is -0.620. The lowest BCUT2D eigenvalue weighted by Crippen LogP contribution is -2.38. The Balaban J connectivity index is 2.81. The molecule has 0 spiro atoms. The molecule has 0 amide bonds. The van der Waals surface area contributed by atoms with Crippen molar-refractivity contribution in [1.82, 2.24) is 4.72 Å². The summed E-state index contributed by atoms with van der Waals surface area (Å²) < 4.78 is 26.9. The van der Waals surface area contributed by atoms with Crippen LogP contribution in [0.1, 0.15) is 25.8 Å². The van der Waals surface area contributed by atoms with Crippen molar-refractivity contribution in [3.05, 3.63) is 29.8 Å². The zero-order chi connectivity index (χ0) is 15.2. The van der Waals surface area contributed by atoms with Gasteiger partial charge in [0, 0.05) is 11.9 Å². The summed E-state index contributed by atoms with van der Waals surface area (Å²) in [5, 5.41) is 9.26. The van der Waals surface area contributed by atoms with E-state index in [1.165, 1.54) is 0 Å². The van der Waals surface area contributed by atoms with E-state index in [0.29, 0.717) is 24.6 Å². The first-order chi connectivity index (χ1) is 9.39. The smallest absolute Gasteiger partial charge is 0.240 e. The van der Waals surface area contributed by atoms with Crippen molar-refractivity contribution in [2.75, 3.05) is 12.5 Å². The molecule has 0 bridgehead atoms. The topological polar surface area (TPSA) is 66.4 Å². The summed E-state index contributed by atoms with van der Waals surface area (Å²) >= 11 is 5.64. The number of aliphatic hydroxyl groups excluding tert-OH is 1. The molecular formula is C14H22ClNO3S. The van der Waals surface area contributed by atoms with E-state index >= 15 is 0 Å². The molecule has 1 aromatic rings. The SMILES string of the molecule is CC(C)CC(CO)NS(=O)(=O)c1ccc(CCCl)cc1. The van der Waals surface area contributed by atoms with Crippen molar-refractivity contribution in [3.63, 3.8) is 0 Å². The summed E-state index contributed by atoms with van der Waals surface area (Å²) in [7, 11) is -3.59. The average molecular weight is 320 g/mol. The Morgan fingerprint density at radius 3 is 2.30 bits per heavy atom. The molecule has 0 aliphatic carbocycles. The molecule has 1 unspecified atom stereocenters. The Labute approximate surface area is 126 Å². The van der Waals surface area contributed by atoms with Crippen LogP contribution in [0.3, 0.4) is 0 Å². The van der Waals surface area contributed by atoms with E-state index in [0.717, 1.165) is 5.56 Å². The molecule has 0 aliphatic heterocycles. The first kappa shape index (κ1) is 17.4. The van der Waals surface area contributed by atoms with Gasteiger partial charge in [0.1, 0.15) is 0 Å². The second-order valence-electron chi connectivity index (χ2n) is 5.21. The van der Waals surface area contributed by atoms with Crippen LogP contribution < -0.4 is 4.72 Å². The molecule has 0 saturated carbocycles. The highest BCUT2D eigenvalue weighted by Gasteiger charge is 2.20. The summed E-state index contributed by atoms with van der Waals surface area (Å²) in [4.78, 5) is 0.207. The fourth-order valence-corrected chi connectivity index (χ4v) is 3.42. The predicted octanol–water partition coefficient (Wildman–Crippen LogP) is 2.15. The zero-order valence-electron chi connectivity index (χ0n) is 11.8. The van der Waals surface area contributed by atoms with Gasteiger partial charge in [-0.15, -0.1) is 11.6 Å².